The van der Waals surface area contributed by atoms with Gasteiger partial charge in [0.2, 0.25) is 0 Å². The molecule has 1 aromatic rings. The van der Waals surface area contributed by atoms with Crippen LogP contribution in [0.25, 0.3) is 0 Å². The van der Waals surface area contributed by atoms with Gasteiger partial charge in [-0.05, 0) is 63.3 Å². The van der Waals surface area contributed by atoms with E-state index >= 15 is 0 Å². The van der Waals surface area contributed by atoms with Gasteiger partial charge in [0.25, 0.3) is 0 Å². The molecular weight excluding hydrogens is 448 g/mol. The Kier molecular flexibility index (Phi) is 10.0. The normalized spacial score (nSPS) is 13.7. The molecule has 0 saturated heterocycles. The molecule has 0 aliphatic heterocycles. The third-order valence-electron chi connectivity index (χ3n) is 4.44. The van der Waals surface area contributed by atoms with Crippen LogP contribution in [0.1, 0.15) is 61.3 Å². The lowest BCUT2D eigenvalue weighted by Crippen LogP contribution is -2.45. The second kappa shape index (κ2) is 11.5. The molecule has 0 aliphatic carbocycles. The van der Waals surface area contributed by atoms with Crippen molar-refractivity contribution in [1.29, 1.82) is 0 Å². The van der Waals surface area contributed by atoms with E-state index in [0.29, 0.717) is 12.1 Å². The van der Waals surface area contributed by atoms with E-state index in [0.717, 1.165) is 4.47 Å². The number of esters is 1. The molecule has 2 amide bonds. The summed E-state index contributed by atoms with van der Waals surface area (Å²) in [5.74, 6) is -0.957. The predicted molar refractivity (Wildman–Crippen MR) is 123 cm³/mol. The number of anilines is 1. The van der Waals surface area contributed by atoms with Gasteiger partial charge in [-0.3, -0.25) is 9.59 Å². The minimum Gasteiger partial charge on any atom is -0.460 e. The number of carbonyl (C=O) groups is 3. The zero-order valence-electron chi connectivity index (χ0n) is 19.0. The summed E-state index contributed by atoms with van der Waals surface area (Å²) >= 11 is 3.35. The van der Waals surface area contributed by atoms with Gasteiger partial charge in [-0.1, -0.05) is 43.6 Å². The zero-order chi connectivity index (χ0) is 23.1. The van der Waals surface area contributed by atoms with Crippen LogP contribution in [0.3, 0.4) is 0 Å². The monoisotopic (exact) mass is 482 g/mol. The van der Waals surface area contributed by atoms with Crippen molar-refractivity contribution in [3.63, 3.8) is 0 Å². The van der Waals surface area contributed by atoms with Crippen LogP contribution in [0.5, 0.6) is 0 Å². The van der Waals surface area contributed by atoms with E-state index in [4.69, 9.17) is 4.74 Å². The Morgan fingerprint density at radius 1 is 1.03 bits per heavy atom. The first-order chi connectivity index (χ1) is 13.8. The molecule has 0 fully saturated rings. The van der Waals surface area contributed by atoms with Crippen LogP contribution in [0.15, 0.2) is 28.7 Å². The van der Waals surface area contributed by atoms with Gasteiger partial charge in [-0.15, -0.1) is 0 Å². The van der Waals surface area contributed by atoms with Crippen LogP contribution in [0.2, 0.25) is 0 Å². The standard InChI is InChI=1S/C23H35BrN2O4/c1-14(2)12-19(26-22(29)25-17-10-8-16(24)9-11-17)20(27)13-18(15(3)4)21(28)30-23(5,6)7/h8-11,14-15,18-19H,12-13H2,1-7H3,(H2,25,26,29)/t18-,19-/m0/s1. The molecule has 0 spiro atoms. The Balaban J connectivity index is 2.86. The number of ketones is 1. The second-order valence-electron chi connectivity index (χ2n) is 9.34. The minimum atomic E-state index is -0.677. The SMILES string of the molecule is CC(C)C[C@H](NC(=O)Nc1ccc(Br)cc1)C(=O)C[C@H](C(=O)OC(C)(C)C)C(C)C. The Morgan fingerprint density at radius 3 is 2.07 bits per heavy atom. The summed E-state index contributed by atoms with van der Waals surface area (Å²) in [5.41, 5.74) is 0.00760. The lowest BCUT2D eigenvalue weighted by atomic mass is 9.87. The second-order valence-corrected chi connectivity index (χ2v) is 10.3. The van der Waals surface area contributed by atoms with E-state index in [1.165, 1.54) is 0 Å². The summed E-state index contributed by atoms with van der Waals surface area (Å²) in [7, 11) is 0. The molecule has 0 bridgehead atoms. The maximum atomic E-state index is 13.0. The number of halogens is 1. The van der Waals surface area contributed by atoms with E-state index in [-0.39, 0.29) is 30.0 Å². The Hall–Kier alpha value is -1.89. The fourth-order valence-electron chi connectivity index (χ4n) is 2.93. The zero-order valence-corrected chi connectivity index (χ0v) is 20.6. The Bertz CT molecular complexity index is 724. The maximum absolute atomic E-state index is 13.0. The Morgan fingerprint density at radius 2 is 1.60 bits per heavy atom. The first-order valence-corrected chi connectivity index (χ1v) is 11.2. The van der Waals surface area contributed by atoms with Gasteiger partial charge in [0, 0.05) is 16.6 Å². The van der Waals surface area contributed by atoms with E-state index in [1.54, 1.807) is 32.9 Å². The number of urea groups is 1. The van der Waals surface area contributed by atoms with Crippen molar-refractivity contribution < 1.29 is 19.1 Å². The van der Waals surface area contributed by atoms with Crippen LogP contribution < -0.4 is 10.6 Å². The fourth-order valence-corrected chi connectivity index (χ4v) is 3.19. The van der Waals surface area contributed by atoms with Gasteiger partial charge >= 0.3 is 12.0 Å². The molecule has 1 rings (SSSR count). The largest absolute Gasteiger partial charge is 0.460 e. The third kappa shape index (κ3) is 9.74. The third-order valence-corrected chi connectivity index (χ3v) is 4.97. The van der Waals surface area contributed by atoms with Crippen molar-refractivity contribution in [2.75, 3.05) is 5.32 Å². The number of carbonyl (C=O) groups excluding carboxylic acids is 3. The molecule has 2 atom stereocenters. The van der Waals surface area contributed by atoms with E-state index in [2.05, 4.69) is 26.6 Å². The number of ether oxygens (including phenoxy) is 1. The highest BCUT2D eigenvalue weighted by molar-refractivity contribution is 9.10. The molecule has 1 aromatic carbocycles. The number of rotatable bonds is 9. The van der Waals surface area contributed by atoms with E-state index in [9.17, 15) is 14.4 Å². The fraction of sp³-hybridized carbons (Fsp3) is 0.609. The Labute approximate surface area is 188 Å². The molecule has 168 valence electrons. The highest BCUT2D eigenvalue weighted by atomic mass is 79.9. The lowest BCUT2D eigenvalue weighted by molar-refractivity contribution is -0.163. The van der Waals surface area contributed by atoms with Crippen LogP contribution in [0, 0.1) is 17.8 Å². The number of nitrogens with one attached hydrogen (secondary N) is 2. The summed E-state index contributed by atoms with van der Waals surface area (Å²) in [6, 6.07) is 6.04. The van der Waals surface area contributed by atoms with Crippen LogP contribution in [-0.2, 0) is 14.3 Å². The lowest BCUT2D eigenvalue weighted by Gasteiger charge is -2.27. The van der Waals surface area contributed by atoms with E-state index in [1.807, 2.05) is 39.8 Å². The van der Waals surface area contributed by atoms with Crippen molar-refractivity contribution in [3.8, 4) is 0 Å². The first kappa shape index (κ1) is 26.1. The number of Topliss-reactive ketones (excluding diaryl/α,β-unsaturated/α-hetero) is 1. The quantitative estimate of drug-likeness (QED) is 0.451. The number of benzene rings is 1. The van der Waals surface area contributed by atoms with Crippen molar-refractivity contribution >= 4 is 39.4 Å². The highest BCUT2D eigenvalue weighted by Gasteiger charge is 2.32. The van der Waals surface area contributed by atoms with Crippen LogP contribution in [-0.4, -0.2) is 29.4 Å². The topological polar surface area (TPSA) is 84.5 Å². The highest BCUT2D eigenvalue weighted by Crippen LogP contribution is 2.23. The molecule has 2 N–H and O–H groups in total. The van der Waals surface area contributed by atoms with Crippen molar-refractivity contribution in [1.82, 2.24) is 5.32 Å². The van der Waals surface area contributed by atoms with Gasteiger partial charge < -0.3 is 15.4 Å². The molecule has 0 heterocycles. The summed E-state index contributed by atoms with van der Waals surface area (Å²) in [6.07, 6.45) is 0.522. The molecule has 7 heteroatoms. The summed E-state index contributed by atoms with van der Waals surface area (Å²) in [4.78, 5) is 38.1. The molecule has 0 aromatic heterocycles. The molecule has 0 unspecified atom stereocenters. The van der Waals surface area contributed by atoms with E-state index < -0.39 is 23.6 Å². The summed E-state index contributed by atoms with van der Waals surface area (Å²) < 4.78 is 6.40. The van der Waals surface area contributed by atoms with Crippen molar-refractivity contribution in [2.24, 2.45) is 17.8 Å². The number of amides is 2. The first-order valence-electron chi connectivity index (χ1n) is 10.4. The molecule has 0 radical (unpaired) electrons. The molecule has 30 heavy (non-hydrogen) atoms. The average Bonchev–Trinajstić information content (AvgIpc) is 2.58. The maximum Gasteiger partial charge on any atom is 0.319 e. The van der Waals surface area contributed by atoms with Crippen molar-refractivity contribution in [3.05, 3.63) is 28.7 Å². The molecular formula is C23H35BrN2O4. The summed E-state index contributed by atoms with van der Waals surface area (Å²) in [6.45, 7) is 13.2. The smallest absolute Gasteiger partial charge is 0.319 e. The van der Waals surface area contributed by atoms with Gasteiger partial charge in [-0.25, -0.2) is 4.79 Å². The number of hydrogen-bond donors (Lipinski definition) is 2. The van der Waals surface area contributed by atoms with Crippen LogP contribution in [0.4, 0.5) is 10.5 Å². The predicted octanol–water partition coefficient (Wildman–Crippen LogP) is 5.56. The van der Waals surface area contributed by atoms with Gasteiger partial charge in [0.1, 0.15) is 5.60 Å². The van der Waals surface area contributed by atoms with Gasteiger partial charge in [0.15, 0.2) is 5.78 Å². The molecule has 0 saturated carbocycles. The van der Waals surface area contributed by atoms with Gasteiger partial charge in [-0.2, -0.15) is 0 Å². The van der Waals surface area contributed by atoms with Gasteiger partial charge in [0.05, 0.1) is 12.0 Å². The minimum absolute atomic E-state index is 0.0303. The molecule has 0 aliphatic rings. The number of hydrogen-bond acceptors (Lipinski definition) is 4. The average molecular weight is 483 g/mol. The van der Waals surface area contributed by atoms with Crippen molar-refractivity contribution in [2.45, 2.75) is 73.0 Å². The van der Waals surface area contributed by atoms with Crippen LogP contribution >= 0.6 is 15.9 Å². The molecule has 6 nitrogen and oxygen atoms in total. The summed E-state index contributed by atoms with van der Waals surface area (Å²) in [5, 5.41) is 5.52.